The molecule has 0 spiro atoms. The van der Waals surface area contributed by atoms with Gasteiger partial charge in [0.25, 0.3) is 0 Å². The van der Waals surface area contributed by atoms with Gasteiger partial charge in [0.05, 0.1) is 0 Å². The van der Waals surface area contributed by atoms with Gasteiger partial charge in [-0.2, -0.15) is 0 Å². The molecule has 2 fully saturated rings. The molecule has 2 unspecified atom stereocenters. The number of rotatable bonds is 1. The van der Waals surface area contributed by atoms with E-state index in [1.807, 2.05) is 0 Å². The fourth-order valence-electron chi connectivity index (χ4n) is 2.57. The summed E-state index contributed by atoms with van der Waals surface area (Å²) in [6, 6.07) is 1.49. The standard InChI is InChI=1S/C9H19N3/c1-11-4-5-12-8(6-10)2-3-9(12)7-11/h8-9H,2-7,10H2,1H3. The third-order valence-corrected chi connectivity index (χ3v) is 3.31. The molecule has 2 atom stereocenters. The van der Waals surface area contributed by atoms with Crippen LogP contribution in [0.1, 0.15) is 12.8 Å². The summed E-state index contributed by atoms with van der Waals surface area (Å²) in [5.41, 5.74) is 5.72. The number of hydrogen-bond donors (Lipinski definition) is 1. The Hall–Kier alpha value is -0.120. The molecule has 70 valence electrons. The van der Waals surface area contributed by atoms with E-state index in [1.54, 1.807) is 0 Å². The van der Waals surface area contributed by atoms with E-state index in [-0.39, 0.29) is 0 Å². The van der Waals surface area contributed by atoms with Crippen molar-refractivity contribution in [2.75, 3.05) is 33.2 Å². The normalized spacial score (nSPS) is 38.5. The second kappa shape index (κ2) is 3.32. The second-order valence-corrected chi connectivity index (χ2v) is 4.12. The van der Waals surface area contributed by atoms with Crippen LogP contribution in [0.4, 0.5) is 0 Å². The van der Waals surface area contributed by atoms with Gasteiger partial charge in [-0.15, -0.1) is 0 Å². The van der Waals surface area contributed by atoms with Gasteiger partial charge in [0.2, 0.25) is 0 Å². The van der Waals surface area contributed by atoms with Crippen molar-refractivity contribution in [3.63, 3.8) is 0 Å². The van der Waals surface area contributed by atoms with Crippen molar-refractivity contribution in [1.29, 1.82) is 0 Å². The van der Waals surface area contributed by atoms with Crippen LogP contribution >= 0.6 is 0 Å². The molecule has 3 heteroatoms. The van der Waals surface area contributed by atoms with Crippen LogP contribution in [0.5, 0.6) is 0 Å². The lowest BCUT2D eigenvalue weighted by Gasteiger charge is -2.38. The third kappa shape index (κ3) is 1.37. The average Bonchev–Trinajstić information content (AvgIpc) is 2.46. The number of fused-ring (bicyclic) bond motifs is 1. The molecule has 2 saturated heterocycles. The van der Waals surface area contributed by atoms with Crippen molar-refractivity contribution in [3.8, 4) is 0 Å². The average molecular weight is 169 g/mol. The van der Waals surface area contributed by atoms with Gasteiger partial charge in [-0.25, -0.2) is 0 Å². The van der Waals surface area contributed by atoms with Crippen LogP contribution in [0.15, 0.2) is 0 Å². The molecule has 0 radical (unpaired) electrons. The van der Waals surface area contributed by atoms with E-state index >= 15 is 0 Å². The van der Waals surface area contributed by atoms with E-state index in [2.05, 4.69) is 16.8 Å². The van der Waals surface area contributed by atoms with Crippen molar-refractivity contribution in [3.05, 3.63) is 0 Å². The minimum atomic E-state index is 0.684. The summed E-state index contributed by atoms with van der Waals surface area (Å²) in [6.07, 6.45) is 2.67. The zero-order valence-corrected chi connectivity index (χ0v) is 7.87. The smallest absolute Gasteiger partial charge is 0.0227 e. The first-order valence-electron chi connectivity index (χ1n) is 4.95. The van der Waals surface area contributed by atoms with E-state index in [1.165, 1.54) is 32.5 Å². The van der Waals surface area contributed by atoms with E-state index in [4.69, 9.17) is 5.73 Å². The fourth-order valence-corrected chi connectivity index (χ4v) is 2.57. The molecule has 0 aromatic carbocycles. The first-order chi connectivity index (χ1) is 5.81. The molecule has 12 heavy (non-hydrogen) atoms. The largest absolute Gasteiger partial charge is 0.329 e. The van der Waals surface area contributed by atoms with Crippen LogP contribution in [-0.4, -0.2) is 55.1 Å². The predicted octanol–water partition coefficient (Wildman–Crippen LogP) is -0.276. The Balaban J connectivity index is 1.98. The highest BCUT2D eigenvalue weighted by molar-refractivity contribution is 4.92. The van der Waals surface area contributed by atoms with Gasteiger partial charge < -0.3 is 10.6 Å². The summed E-state index contributed by atoms with van der Waals surface area (Å²) in [5.74, 6) is 0. The van der Waals surface area contributed by atoms with Gasteiger partial charge in [-0.05, 0) is 19.9 Å². The van der Waals surface area contributed by atoms with Crippen molar-refractivity contribution in [1.82, 2.24) is 9.80 Å². The molecule has 0 aliphatic carbocycles. The topological polar surface area (TPSA) is 32.5 Å². The lowest BCUT2D eigenvalue weighted by Crippen LogP contribution is -2.52. The number of piperazine rings is 1. The molecule has 2 rings (SSSR count). The molecule has 3 nitrogen and oxygen atoms in total. The molecule has 0 amide bonds. The number of hydrogen-bond acceptors (Lipinski definition) is 3. The van der Waals surface area contributed by atoms with Crippen LogP contribution in [0.25, 0.3) is 0 Å². The van der Waals surface area contributed by atoms with Gasteiger partial charge in [0.15, 0.2) is 0 Å². The molecular weight excluding hydrogens is 150 g/mol. The lowest BCUT2D eigenvalue weighted by molar-refractivity contribution is 0.0962. The number of nitrogens with zero attached hydrogens (tertiary/aromatic N) is 2. The van der Waals surface area contributed by atoms with Crippen molar-refractivity contribution >= 4 is 0 Å². The molecule has 2 aliphatic heterocycles. The molecule has 0 aromatic rings. The van der Waals surface area contributed by atoms with Crippen LogP contribution in [0.3, 0.4) is 0 Å². The highest BCUT2D eigenvalue weighted by atomic mass is 15.3. The van der Waals surface area contributed by atoms with E-state index in [0.29, 0.717) is 6.04 Å². The maximum Gasteiger partial charge on any atom is 0.0227 e. The van der Waals surface area contributed by atoms with Gasteiger partial charge in [-0.3, -0.25) is 4.90 Å². The van der Waals surface area contributed by atoms with Gasteiger partial charge in [-0.1, -0.05) is 0 Å². The fraction of sp³-hybridized carbons (Fsp3) is 1.00. The highest BCUT2D eigenvalue weighted by Gasteiger charge is 2.35. The molecule has 2 heterocycles. The van der Waals surface area contributed by atoms with E-state index in [0.717, 1.165) is 12.6 Å². The van der Waals surface area contributed by atoms with Crippen LogP contribution < -0.4 is 5.73 Å². The SMILES string of the molecule is CN1CCN2C(CN)CCC2C1. The van der Waals surface area contributed by atoms with Crippen molar-refractivity contribution in [2.45, 2.75) is 24.9 Å². The Bertz CT molecular complexity index is 160. The monoisotopic (exact) mass is 169 g/mol. The summed E-state index contributed by atoms with van der Waals surface area (Å²) in [4.78, 5) is 5.04. The third-order valence-electron chi connectivity index (χ3n) is 3.31. The summed E-state index contributed by atoms with van der Waals surface area (Å²) in [6.45, 7) is 4.53. The first-order valence-corrected chi connectivity index (χ1v) is 4.95. The summed E-state index contributed by atoms with van der Waals surface area (Å²) < 4.78 is 0. The molecule has 2 N–H and O–H groups in total. The second-order valence-electron chi connectivity index (χ2n) is 4.12. The Morgan fingerprint density at radius 3 is 2.92 bits per heavy atom. The maximum atomic E-state index is 5.72. The van der Waals surface area contributed by atoms with Crippen LogP contribution in [0.2, 0.25) is 0 Å². The van der Waals surface area contributed by atoms with Gasteiger partial charge in [0.1, 0.15) is 0 Å². The molecule has 0 bridgehead atoms. The summed E-state index contributed by atoms with van der Waals surface area (Å²) in [5, 5.41) is 0. The zero-order valence-electron chi connectivity index (χ0n) is 7.87. The Morgan fingerprint density at radius 2 is 2.17 bits per heavy atom. The minimum absolute atomic E-state index is 0.684. The number of likely N-dealkylation sites (N-methyl/N-ethyl adjacent to an activating group) is 1. The van der Waals surface area contributed by atoms with Crippen molar-refractivity contribution < 1.29 is 0 Å². The van der Waals surface area contributed by atoms with Crippen molar-refractivity contribution in [2.24, 2.45) is 5.73 Å². The van der Waals surface area contributed by atoms with Crippen LogP contribution in [-0.2, 0) is 0 Å². The molecule has 0 saturated carbocycles. The predicted molar refractivity (Wildman–Crippen MR) is 50.1 cm³/mol. The molecular formula is C9H19N3. The maximum absolute atomic E-state index is 5.72. The summed E-state index contributed by atoms with van der Waals surface area (Å²) >= 11 is 0. The first kappa shape index (κ1) is 8.48. The van der Waals surface area contributed by atoms with E-state index in [9.17, 15) is 0 Å². The van der Waals surface area contributed by atoms with Gasteiger partial charge in [0, 0.05) is 38.3 Å². The molecule has 0 aromatic heterocycles. The highest BCUT2D eigenvalue weighted by Crippen LogP contribution is 2.25. The Morgan fingerprint density at radius 1 is 1.33 bits per heavy atom. The van der Waals surface area contributed by atoms with Gasteiger partial charge >= 0.3 is 0 Å². The van der Waals surface area contributed by atoms with E-state index < -0.39 is 0 Å². The number of nitrogens with two attached hydrogens (primary N) is 1. The Kier molecular flexibility index (Phi) is 2.35. The lowest BCUT2D eigenvalue weighted by atomic mass is 10.2. The molecule has 2 aliphatic rings. The minimum Gasteiger partial charge on any atom is -0.329 e. The zero-order chi connectivity index (χ0) is 8.55. The Labute approximate surface area is 74.5 Å². The summed E-state index contributed by atoms with van der Waals surface area (Å²) in [7, 11) is 2.22. The van der Waals surface area contributed by atoms with Crippen LogP contribution in [0, 0.1) is 0 Å². The quantitative estimate of drug-likeness (QED) is 0.586.